The van der Waals surface area contributed by atoms with Gasteiger partial charge in [-0.15, -0.1) is 0 Å². The van der Waals surface area contributed by atoms with E-state index in [0.717, 1.165) is 0 Å². The van der Waals surface area contributed by atoms with Gasteiger partial charge in [0, 0.05) is 24.3 Å². The van der Waals surface area contributed by atoms with Crippen LogP contribution in [-0.2, 0) is 10.0 Å². The van der Waals surface area contributed by atoms with E-state index >= 15 is 0 Å². The van der Waals surface area contributed by atoms with Crippen LogP contribution in [0.1, 0.15) is 22.6 Å². The van der Waals surface area contributed by atoms with Crippen LogP contribution >= 0.6 is 0 Å². The Morgan fingerprint density at radius 3 is 2.72 bits per heavy atom. The molecule has 1 amide bonds. The number of H-pyrrole nitrogens is 1. The van der Waals surface area contributed by atoms with Crippen LogP contribution in [0.3, 0.4) is 0 Å². The summed E-state index contributed by atoms with van der Waals surface area (Å²) in [6.07, 6.45) is 0.594. The number of aromatic nitrogens is 2. The molecule has 25 heavy (non-hydrogen) atoms. The average molecular weight is 366 g/mol. The highest BCUT2D eigenvalue weighted by Gasteiger charge is 2.31. The number of sulfonamides is 1. The molecule has 134 valence electrons. The quantitative estimate of drug-likeness (QED) is 0.849. The summed E-state index contributed by atoms with van der Waals surface area (Å²) in [6, 6.07) is 5.82. The third-order valence-corrected chi connectivity index (χ3v) is 5.18. The molecular formula is C16H19FN4O3S. The van der Waals surface area contributed by atoms with Gasteiger partial charge in [-0.2, -0.15) is 0 Å². The number of carbonyl (C=O) groups excluding carboxylic acids is 1. The van der Waals surface area contributed by atoms with E-state index in [9.17, 15) is 17.6 Å². The highest BCUT2D eigenvalue weighted by atomic mass is 32.2. The second-order valence-electron chi connectivity index (χ2n) is 6.30. The number of amides is 1. The molecule has 3 N–H and O–H groups in total. The van der Waals surface area contributed by atoms with Crippen molar-refractivity contribution in [3.63, 3.8) is 0 Å². The first-order chi connectivity index (χ1) is 11.7. The molecule has 1 aliphatic rings. The van der Waals surface area contributed by atoms with E-state index in [1.54, 1.807) is 24.0 Å². The zero-order chi connectivity index (χ0) is 18.2. The van der Waals surface area contributed by atoms with Crippen molar-refractivity contribution in [1.29, 1.82) is 0 Å². The molecule has 1 atom stereocenters. The Morgan fingerprint density at radius 2 is 2.08 bits per heavy atom. The Labute approximate surface area is 145 Å². The van der Waals surface area contributed by atoms with Crippen LogP contribution in [-0.4, -0.2) is 48.0 Å². The van der Waals surface area contributed by atoms with Crippen molar-refractivity contribution in [3.8, 4) is 11.4 Å². The maximum atomic E-state index is 13.0. The number of aryl methyl sites for hydroxylation is 1. The van der Waals surface area contributed by atoms with E-state index in [2.05, 4.69) is 9.97 Å². The van der Waals surface area contributed by atoms with Crippen LogP contribution in [0.2, 0.25) is 0 Å². The summed E-state index contributed by atoms with van der Waals surface area (Å²) in [5.41, 5.74) is 1.58. The maximum absolute atomic E-state index is 13.0. The molecule has 7 nitrogen and oxygen atoms in total. The number of halogens is 1. The Hall–Kier alpha value is -2.26. The number of benzene rings is 1. The Morgan fingerprint density at radius 1 is 1.40 bits per heavy atom. The molecule has 2 aromatic rings. The molecule has 0 saturated carbocycles. The van der Waals surface area contributed by atoms with E-state index < -0.39 is 10.0 Å². The minimum absolute atomic E-state index is 0.128. The molecule has 2 heterocycles. The predicted octanol–water partition coefficient (Wildman–Crippen LogP) is 1.27. The van der Waals surface area contributed by atoms with Gasteiger partial charge < -0.3 is 9.88 Å². The van der Waals surface area contributed by atoms with Crippen molar-refractivity contribution >= 4 is 15.9 Å². The monoisotopic (exact) mass is 366 g/mol. The predicted molar refractivity (Wildman–Crippen MR) is 90.7 cm³/mol. The van der Waals surface area contributed by atoms with E-state index in [1.165, 1.54) is 12.1 Å². The lowest BCUT2D eigenvalue weighted by Crippen LogP contribution is -2.31. The first-order valence-electron chi connectivity index (χ1n) is 7.85. The Bertz CT molecular complexity index is 893. The summed E-state index contributed by atoms with van der Waals surface area (Å²) in [5, 5.41) is 5.08. The summed E-state index contributed by atoms with van der Waals surface area (Å²) in [7, 11) is -3.56. The van der Waals surface area contributed by atoms with E-state index in [1.807, 2.05) is 0 Å². The average Bonchev–Trinajstić information content (AvgIpc) is 3.12. The van der Waals surface area contributed by atoms with Gasteiger partial charge >= 0.3 is 0 Å². The fourth-order valence-electron chi connectivity index (χ4n) is 3.04. The summed E-state index contributed by atoms with van der Waals surface area (Å²) >= 11 is 0. The van der Waals surface area contributed by atoms with Crippen LogP contribution in [0.4, 0.5) is 4.39 Å². The third-order valence-electron chi connectivity index (χ3n) is 4.25. The van der Waals surface area contributed by atoms with Crippen molar-refractivity contribution in [2.24, 2.45) is 11.1 Å². The molecule has 1 aromatic heterocycles. The van der Waals surface area contributed by atoms with Crippen molar-refractivity contribution < 1.29 is 17.6 Å². The number of nitrogens with zero attached hydrogens (tertiary/aromatic N) is 2. The van der Waals surface area contributed by atoms with Crippen LogP contribution in [0.25, 0.3) is 11.4 Å². The molecule has 0 radical (unpaired) electrons. The Balaban J connectivity index is 1.76. The molecule has 1 fully saturated rings. The molecule has 0 aliphatic carbocycles. The van der Waals surface area contributed by atoms with Gasteiger partial charge in [-0.05, 0) is 43.5 Å². The van der Waals surface area contributed by atoms with Crippen molar-refractivity contribution in [1.82, 2.24) is 14.9 Å². The number of carbonyl (C=O) groups is 1. The highest BCUT2D eigenvalue weighted by molar-refractivity contribution is 7.89. The van der Waals surface area contributed by atoms with Crippen LogP contribution < -0.4 is 5.14 Å². The molecule has 0 spiro atoms. The van der Waals surface area contributed by atoms with E-state index in [4.69, 9.17) is 5.14 Å². The second-order valence-corrected chi connectivity index (χ2v) is 7.96. The number of likely N-dealkylation sites (tertiary alicyclic amines) is 1. The number of primary sulfonamides is 1. The molecule has 9 heteroatoms. The SMILES string of the molecule is Cc1[nH]c(-c2ccc(F)cc2)nc1C(=O)N1CCC(CS(N)(=O)=O)C1. The van der Waals surface area contributed by atoms with E-state index in [-0.39, 0.29) is 29.1 Å². The van der Waals surface area contributed by atoms with Crippen molar-refractivity contribution in [2.75, 3.05) is 18.8 Å². The highest BCUT2D eigenvalue weighted by Crippen LogP contribution is 2.23. The first kappa shape index (κ1) is 17.6. The van der Waals surface area contributed by atoms with Gasteiger partial charge in [0.2, 0.25) is 10.0 Å². The van der Waals surface area contributed by atoms with Crippen LogP contribution in [0, 0.1) is 18.7 Å². The van der Waals surface area contributed by atoms with Crippen LogP contribution in [0.5, 0.6) is 0 Å². The second kappa shape index (κ2) is 6.57. The number of hydrogen-bond donors (Lipinski definition) is 2. The molecular weight excluding hydrogens is 347 g/mol. The largest absolute Gasteiger partial charge is 0.341 e. The third kappa shape index (κ3) is 4.05. The summed E-state index contributed by atoms with van der Waals surface area (Å²) < 4.78 is 35.4. The Kier molecular flexibility index (Phi) is 4.61. The van der Waals surface area contributed by atoms with Crippen molar-refractivity contribution in [3.05, 3.63) is 41.5 Å². The summed E-state index contributed by atoms with van der Waals surface area (Å²) in [6.45, 7) is 2.55. The molecule has 1 aromatic carbocycles. The number of hydrogen-bond acceptors (Lipinski definition) is 4. The number of imidazole rings is 1. The zero-order valence-electron chi connectivity index (χ0n) is 13.7. The lowest BCUT2D eigenvalue weighted by atomic mass is 10.2. The minimum Gasteiger partial charge on any atom is -0.341 e. The fourth-order valence-corrected chi connectivity index (χ4v) is 3.97. The lowest BCUT2D eigenvalue weighted by molar-refractivity contribution is 0.0782. The molecule has 3 rings (SSSR count). The molecule has 1 unspecified atom stereocenters. The van der Waals surface area contributed by atoms with Gasteiger partial charge in [0.05, 0.1) is 5.75 Å². The zero-order valence-corrected chi connectivity index (χ0v) is 14.5. The lowest BCUT2D eigenvalue weighted by Gasteiger charge is -2.15. The molecule has 1 aliphatic heterocycles. The first-order valence-corrected chi connectivity index (χ1v) is 9.57. The number of rotatable bonds is 4. The van der Waals surface area contributed by atoms with Gasteiger partial charge in [-0.3, -0.25) is 4.79 Å². The van der Waals surface area contributed by atoms with Gasteiger partial charge in [-0.1, -0.05) is 0 Å². The molecule has 0 bridgehead atoms. The number of nitrogens with two attached hydrogens (primary N) is 1. The standard InChI is InChI=1S/C16H19FN4O3S/c1-10-14(20-15(19-10)12-2-4-13(17)5-3-12)16(22)21-7-6-11(8-21)9-25(18,23)24/h2-5,11H,6-9H2,1H3,(H,19,20)(H2,18,23,24). The van der Waals surface area contributed by atoms with Crippen molar-refractivity contribution in [2.45, 2.75) is 13.3 Å². The maximum Gasteiger partial charge on any atom is 0.274 e. The number of aromatic amines is 1. The van der Waals surface area contributed by atoms with Crippen LogP contribution in [0.15, 0.2) is 24.3 Å². The van der Waals surface area contributed by atoms with Gasteiger partial charge in [-0.25, -0.2) is 22.9 Å². The normalized spacial score (nSPS) is 17.9. The number of nitrogens with one attached hydrogen (secondary N) is 1. The van der Waals surface area contributed by atoms with Gasteiger partial charge in [0.25, 0.3) is 5.91 Å². The summed E-state index contributed by atoms with van der Waals surface area (Å²) in [4.78, 5) is 21.7. The van der Waals surface area contributed by atoms with Gasteiger partial charge in [0.1, 0.15) is 17.3 Å². The minimum atomic E-state index is -3.56. The summed E-state index contributed by atoms with van der Waals surface area (Å²) in [5.74, 6) is -0.395. The van der Waals surface area contributed by atoms with Gasteiger partial charge in [0.15, 0.2) is 0 Å². The van der Waals surface area contributed by atoms with E-state index in [0.29, 0.717) is 36.6 Å². The topological polar surface area (TPSA) is 109 Å². The fraction of sp³-hybridized carbons (Fsp3) is 0.375. The smallest absolute Gasteiger partial charge is 0.274 e. The molecule has 1 saturated heterocycles.